The molecule has 0 atom stereocenters. The van der Waals surface area contributed by atoms with Crippen LogP contribution in [0.15, 0.2) is 54.7 Å². The highest BCUT2D eigenvalue weighted by atomic mass is 16.3. The Balaban J connectivity index is 1.76. The van der Waals surface area contributed by atoms with Crippen molar-refractivity contribution in [1.29, 1.82) is 0 Å². The quantitative estimate of drug-likeness (QED) is 0.615. The van der Waals surface area contributed by atoms with E-state index in [1.807, 2.05) is 31.2 Å². The predicted octanol–water partition coefficient (Wildman–Crippen LogP) is 3.18. The number of nitrogens with one attached hydrogen (secondary N) is 1. The zero-order valence-electron chi connectivity index (χ0n) is 14.4. The van der Waals surface area contributed by atoms with E-state index in [2.05, 4.69) is 15.3 Å². The first-order valence-corrected chi connectivity index (χ1v) is 8.34. The van der Waals surface area contributed by atoms with Crippen LogP contribution in [0.3, 0.4) is 0 Å². The van der Waals surface area contributed by atoms with Crippen LogP contribution in [0.4, 0.5) is 11.5 Å². The third-order valence-corrected chi connectivity index (χ3v) is 3.94. The third-order valence-electron chi connectivity index (χ3n) is 3.94. The lowest BCUT2D eigenvalue weighted by Crippen LogP contribution is -2.17. The molecule has 0 unspecified atom stereocenters. The number of phenols is 1. The molecule has 6 nitrogen and oxygen atoms in total. The topological polar surface area (TPSA) is 101 Å². The standard InChI is InChI=1S/C20H20N4O2/c1-2-17-20(24-19(26)11-13-3-9-16(25)10-4-13)22-12-18(23-17)14-5-7-15(21)8-6-14/h3-10,12,25H,2,11,21H2,1H3,(H,22,24,26). The van der Waals surface area contributed by atoms with Gasteiger partial charge >= 0.3 is 0 Å². The molecule has 0 fully saturated rings. The van der Waals surface area contributed by atoms with Gasteiger partial charge in [-0.1, -0.05) is 31.2 Å². The Morgan fingerprint density at radius 1 is 1.12 bits per heavy atom. The number of nitrogen functional groups attached to an aromatic ring is 1. The highest BCUT2D eigenvalue weighted by Gasteiger charge is 2.11. The normalized spacial score (nSPS) is 10.5. The van der Waals surface area contributed by atoms with Gasteiger partial charge in [-0.15, -0.1) is 0 Å². The van der Waals surface area contributed by atoms with Gasteiger partial charge < -0.3 is 16.2 Å². The van der Waals surface area contributed by atoms with Crippen molar-refractivity contribution in [1.82, 2.24) is 9.97 Å². The second-order valence-corrected chi connectivity index (χ2v) is 5.92. The number of hydrogen-bond donors (Lipinski definition) is 3. The average Bonchev–Trinajstić information content (AvgIpc) is 2.64. The van der Waals surface area contributed by atoms with Crippen LogP contribution < -0.4 is 11.1 Å². The van der Waals surface area contributed by atoms with Crippen LogP contribution in [0.25, 0.3) is 11.3 Å². The Labute approximate surface area is 151 Å². The summed E-state index contributed by atoms with van der Waals surface area (Å²) in [4.78, 5) is 21.3. The summed E-state index contributed by atoms with van der Waals surface area (Å²) in [7, 11) is 0. The number of aromatic hydroxyl groups is 1. The summed E-state index contributed by atoms with van der Waals surface area (Å²) in [6.45, 7) is 1.96. The predicted molar refractivity (Wildman–Crippen MR) is 102 cm³/mol. The Morgan fingerprint density at radius 3 is 2.46 bits per heavy atom. The molecule has 0 saturated carbocycles. The zero-order valence-corrected chi connectivity index (χ0v) is 14.4. The molecule has 0 aliphatic carbocycles. The van der Waals surface area contributed by atoms with E-state index in [-0.39, 0.29) is 18.1 Å². The fourth-order valence-corrected chi connectivity index (χ4v) is 2.55. The summed E-state index contributed by atoms with van der Waals surface area (Å²) in [6.07, 6.45) is 2.48. The van der Waals surface area contributed by atoms with Crippen molar-refractivity contribution in [3.63, 3.8) is 0 Å². The minimum atomic E-state index is -0.181. The van der Waals surface area contributed by atoms with Crippen LogP contribution in [-0.2, 0) is 17.6 Å². The Hall–Kier alpha value is -3.41. The Morgan fingerprint density at radius 2 is 1.81 bits per heavy atom. The van der Waals surface area contributed by atoms with Crippen molar-refractivity contribution in [3.05, 3.63) is 66.0 Å². The molecule has 0 saturated heterocycles. The number of phenolic OH excluding ortho intramolecular Hbond substituents is 1. The molecule has 0 bridgehead atoms. The van der Waals surface area contributed by atoms with Crippen molar-refractivity contribution < 1.29 is 9.90 Å². The van der Waals surface area contributed by atoms with Gasteiger partial charge in [0.2, 0.25) is 5.91 Å². The monoisotopic (exact) mass is 348 g/mol. The first kappa shape index (κ1) is 17.4. The first-order valence-electron chi connectivity index (χ1n) is 8.34. The van der Waals surface area contributed by atoms with Gasteiger partial charge in [-0.2, -0.15) is 0 Å². The van der Waals surface area contributed by atoms with Crippen molar-refractivity contribution in [3.8, 4) is 17.0 Å². The number of hydrogen-bond acceptors (Lipinski definition) is 5. The second-order valence-electron chi connectivity index (χ2n) is 5.92. The van der Waals surface area contributed by atoms with Crippen molar-refractivity contribution in [2.24, 2.45) is 0 Å². The molecular weight excluding hydrogens is 328 g/mol. The van der Waals surface area contributed by atoms with Crippen LogP contribution in [0, 0.1) is 0 Å². The van der Waals surface area contributed by atoms with E-state index in [1.54, 1.807) is 30.5 Å². The molecule has 3 aromatic rings. The first-order chi connectivity index (χ1) is 12.5. The van der Waals surface area contributed by atoms with Crippen LogP contribution in [0.5, 0.6) is 5.75 Å². The van der Waals surface area contributed by atoms with Crippen molar-refractivity contribution in [2.75, 3.05) is 11.1 Å². The summed E-state index contributed by atoms with van der Waals surface area (Å²) in [5, 5.41) is 12.1. The number of anilines is 2. The van der Waals surface area contributed by atoms with Crippen LogP contribution in [-0.4, -0.2) is 21.0 Å². The van der Waals surface area contributed by atoms with E-state index in [0.29, 0.717) is 17.9 Å². The van der Waals surface area contributed by atoms with E-state index in [9.17, 15) is 9.90 Å². The fourth-order valence-electron chi connectivity index (χ4n) is 2.55. The Bertz CT molecular complexity index is 906. The number of amides is 1. The summed E-state index contributed by atoms with van der Waals surface area (Å²) < 4.78 is 0. The number of nitrogens with zero attached hydrogens (tertiary/aromatic N) is 2. The minimum Gasteiger partial charge on any atom is -0.508 e. The zero-order chi connectivity index (χ0) is 18.5. The van der Waals surface area contributed by atoms with Gasteiger partial charge in [0.1, 0.15) is 5.75 Å². The summed E-state index contributed by atoms with van der Waals surface area (Å²) >= 11 is 0. The number of carbonyl (C=O) groups excluding carboxylic acids is 1. The minimum absolute atomic E-state index is 0.173. The van der Waals surface area contributed by atoms with E-state index < -0.39 is 0 Å². The van der Waals surface area contributed by atoms with Gasteiger partial charge in [-0.25, -0.2) is 9.97 Å². The molecule has 3 rings (SSSR count). The molecule has 0 aliphatic rings. The maximum absolute atomic E-state index is 12.3. The van der Waals surface area contributed by atoms with E-state index >= 15 is 0 Å². The number of nitrogens with two attached hydrogens (primary N) is 1. The molecule has 0 aliphatic heterocycles. The molecule has 26 heavy (non-hydrogen) atoms. The lowest BCUT2D eigenvalue weighted by atomic mass is 10.1. The van der Waals surface area contributed by atoms with Gasteiger partial charge in [0.15, 0.2) is 5.82 Å². The average molecular weight is 348 g/mol. The highest BCUT2D eigenvalue weighted by molar-refractivity contribution is 5.92. The van der Waals surface area contributed by atoms with Crippen molar-refractivity contribution >= 4 is 17.4 Å². The van der Waals surface area contributed by atoms with Crippen molar-refractivity contribution in [2.45, 2.75) is 19.8 Å². The number of aromatic nitrogens is 2. The van der Waals surface area contributed by atoms with Gasteiger partial charge in [-0.3, -0.25) is 4.79 Å². The summed E-state index contributed by atoms with van der Waals surface area (Å²) in [6, 6.07) is 14.0. The molecule has 1 aromatic heterocycles. The molecule has 0 radical (unpaired) electrons. The molecular formula is C20H20N4O2. The number of rotatable bonds is 5. The van der Waals surface area contributed by atoms with Gasteiger partial charge in [0.25, 0.3) is 0 Å². The van der Waals surface area contributed by atoms with E-state index in [4.69, 9.17) is 5.73 Å². The number of benzene rings is 2. The summed E-state index contributed by atoms with van der Waals surface area (Å²) in [5.41, 5.74) is 9.59. The molecule has 4 N–H and O–H groups in total. The number of carbonyl (C=O) groups is 1. The largest absolute Gasteiger partial charge is 0.508 e. The number of aryl methyl sites for hydroxylation is 1. The smallest absolute Gasteiger partial charge is 0.229 e. The maximum Gasteiger partial charge on any atom is 0.229 e. The Kier molecular flexibility index (Phi) is 5.12. The maximum atomic E-state index is 12.3. The molecule has 1 amide bonds. The van der Waals surface area contributed by atoms with Crippen LogP contribution in [0.1, 0.15) is 18.2 Å². The SMILES string of the molecule is CCc1nc(-c2ccc(N)cc2)cnc1NC(=O)Cc1ccc(O)cc1. The molecule has 1 heterocycles. The summed E-state index contributed by atoms with van der Waals surface area (Å²) in [5.74, 6) is 0.460. The second kappa shape index (κ2) is 7.65. The van der Waals surface area contributed by atoms with E-state index in [0.717, 1.165) is 22.5 Å². The van der Waals surface area contributed by atoms with Gasteiger partial charge in [-0.05, 0) is 36.2 Å². The molecule has 0 spiro atoms. The van der Waals surface area contributed by atoms with Crippen LogP contribution in [0.2, 0.25) is 0 Å². The van der Waals surface area contributed by atoms with Gasteiger partial charge in [0, 0.05) is 11.3 Å². The molecule has 132 valence electrons. The fraction of sp³-hybridized carbons (Fsp3) is 0.150. The van der Waals surface area contributed by atoms with Gasteiger partial charge in [0.05, 0.1) is 24.0 Å². The van der Waals surface area contributed by atoms with Crippen LogP contribution >= 0.6 is 0 Å². The third kappa shape index (κ3) is 4.16. The molecule has 6 heteroatoms. The lowest BCUT2D eigenvalue weighted by molar-refractivity contribution is -0.115. The van der Waals surface area contributed by atoms with E-state index in [1.165, 1.54) is 0 Å². The highest BCUT2D eigenvalue weighted by Crippen LogP contribution is 2.21. The molecule has 2 aromatic carbocycles. The lowest BCUT2D eigenvalue weighted by Gasteiger charge is -2.10.